The lowest BCUT2D eigenvalue weighted by molar-refractivity contribution is -0.0576. The molecule has 0 aliphatic carbocycles. The van der Waals surface area contributed by atoms with Crippen LogP contribution in [0.15, 0.2) is 71.7 Å². The number of hydrogen-bond acceptors (Lipinski definition) is 2. The predicted octanol–water partition coefficient (Wildman–Crippen LogP) is 4.92. The van der Waals surface area contributed by atoms with Crippen LogP contribution in [0.3, 0.4) is 0 Å². The number of halogens is 3. The van der Waals surface area contributed by atoms with Crippen LogP contribution in [0.4, 0.5) is 18.9 Å². The third-order valence-corrected chi connectivity index (χ3v) is 2.64. The Bertz CT molecular complexity index is 646. The van der Waals surface area contributed by atoms with Crippen molar-refractivity contribution in [2.75, 3.05) is 0 Å². The number of aliphatic imine (C=N–C) groups is 1. The van der Waals surface area contributed by atoms with E-state index in [0.29, 0.717) is 11.6 Å². The minimum Gasteiger partial charge on any atom is -0.507 e. The standard InChI is InChI=1S/C16H12F3NO/c17-16(18,19)15(20-13-9-5-2-6-10-13)11-14(21)12-7-3-1-4-8-12/h1-11,21H/b14-11-,20-15-. The largest absolute Gasteiger partial charge is 0.507 e. The first-order valence-corrected chi connectivity index (χ1v) is 6.14. The van der Waals surface area contributed by atoms with E-state index in [0.717, 1.165) is 0 Å². The second-order valence-electron chi connectivity index (χ2n) is 4.23. The highest BCUT2D eigenvalue weighted by atomic mass is 19.4. The van der Waals surface area contributed by atoms with Crippen LogP contribution in [0.25, 0.3) is 5.76 Å². The minimum absolute atomic E-state index is 0.168. The number of hydrogen-bond donors (Lipinski definition) is 1. The van der Waals surface area contributed by atoms with E-state index in [2.05, 4.69) is 4.99 Å². The van der Waals surface area contributed by atoms with Gasteiger partial charge in [0.2, 0.25) is 0 Å². The number of rotatable bonds is 3. The van der Waals surface area contributed by atoms with Crippen LogP contribution in [0.2, 0.25) is 0 Å². The maximum atomic E-state index is 13.0. The Kier molecular flexibility index (Phi) is 4.42. The van der Waals surface area contributed by atoms with E-state index in [1.807, 2.05) is 0 Å². The molecule has 2 aromatic carbocycles. The summed E-state index contributed by atoms with van der Waals surface area (Å²) in [5.41, 5.74) is -0.695. The zero-order valence-electron chi connectivity index (χ0n) is 10.9. The minimum atomic E-state index is -4.65. The quantitative estimate of drug-likeness (QED) is 0.631. The van der Waals surface area contributed by atoms with Gasteiger partial charge in [-0.25, -0.2) is 4.99 Å². The molecule has 0 saturated carbocycles. The van der Waals surface area contributed by atoms with E-state index >= 15 is 0 Å². The van der Waals surface area contributed by atoms with Crippen LogP contribution in [0.1, 0.15) is 5.56 Å². The zero-order valence-corrected chi connectivity index (χ0v) is 10.9. The number of aliphatic hydroxyl groups is 1. The molecule has 0 spiro atoms. The highest BCUT2D eigenvalue weighted by molar-refractivity contribution is 6.04. The van der Waals surface area contributed by atoms with Gasteiger partial charge in [0, 0.05) is 11.6 Å². The molecule has 0 saturated heterocycles. The van der Waals surface area contributed by atoms with Crippen LogP contribution in [-0.2, 0) is 0 Å². The van der Waals surface area contributed by atoms with Crippen LogP contribution >= 0.6 is 0 Å². The van der Waals surface area contributed by atoms with Crippen molar-refractivity contribution < 1.29 is 18.3 Å². The lowest BCUT2D eigenvalue weighted by Crippen LogP contribution is -2.21. The molecule has 21 heavy (non-hydrogen) atoms. The van der Waals surface area contributed by atoms with Crippen molar-refractivity contribution in [1.82, 2.24) is 0 Å². The topological polar surface area (TPSA) is 32.6 Å². The Hall–Kier alpha value is -2.56. The van der Waals surface area contributed by atoms with Crippen molar-refractivity contribution in [1.29, 1.82) is 0 Å². The van der Waals surface area contributed by atoms with Gasteiger partial charge in [0.15, 0.2) is 0 Å². The van der Waals surface area contributed by atoms with Gasteiger partial charge in [-0.1, -0.05) is 48.5 Å². The fourth-order valence-electron chi connectivity index (χ4n) is 1.64. The first kappa shape index (κ1) is 14.8. The molecule has 0 aliphatic heterocycles. The van der Waals surface area contributed by atoms with Gasteiger partial charge in [-0.2, -0.15) is 13.2 Å². The third kappa shape index (κ3) is 4.21. The van der Waals surface area contributed by atoms with Gasteiger partial charge in [0.1, 0.15) is 11.5 Å². The van der Waals surface area contributed by atoms with Gasteiger partial charge >= 0.3 is 6.18 Å². The van der Waals surface area contributed by atoms with E-state index in [1.54, 1.807) is 36.4 Å². The Balaban J connectivity index is 2.41. The summed E-state index contributed by atoms with van der Waals surface area (Å²) in [4.78, 5) is 3.55. The lowest BCUT2D eigenvalue weighted by Gasteiger charge is -2.08. The Morgan fingerprint density at radius 1 is 0.905 bits per heavy atom. The van der Waals surface area contributed by atoms with Gasteiger partial charge in [-0.15, -0.1) is 0 Å². The van der Waals surface area contributed by atoms with Crippen molar-refractivity contribution >= 4 is 17.2 Å². The Labute approximate surface area is 119 Å². The summed E-state index contributed by atoms with van der Waals surface area (Å²) in [5.74, 6) is -0.484. The second-order valence-corrected chi connectivity index (χ2v) is 4.23. The van der Waals surface area contributed by atoms with E-state index in [4.69, 9.17) is 0 Å². The number of allylic oxidation sites excluding steroid dienone is 1. The molecule has 0 aromatic heterocycles. The van der Waals surface area contributed by atoms with Gasteiger partial charge in [-0.3, -0.25) is 0 Å². The molecule has 0 heterocycles. The average Bonchev–Trinajstić information content (AvgIpc) is 2.47. The van der Waals surface area contributed by atoms with Crippen molar-refractivity contribution in [2.24, 2.45) is 4.99 Å². The maximum absolute atomic E-state index is 13.0. The molecule has 2 rings (SSSR count). The highest BCUT2D eigenvalue weighted by Crippen LogP contribution is 2.24. The van der Waals surface area contributed by atoms with E-state index in [9.17, 15) is 18.3 Å². The molecular weight excluding hydrogens is 279 g/mol. The molecule has 2 aromatic rings. The second kappa shape index (κ2) is 6.26. The van der Waals surface area contributed by atoms with Gasteiger partial charge in [0.25, 0.3) is 0 Å². The van der Waals surface area contributed by atoms with E-state index < -0.39 is 17.6 Å². The molecule has 0 atom stereocenters. The monoisotopic (exact) mass is 291 g/mol. The molecule has 2 nitrogen and oxygen atoms in total. The molecule has 1 N–H and O–H groups in total. The SMILES string of the molecule is O/C(=C\C(=N\c1ccccc1)C(F)(F)F)c1ccccc1. The molecular formula is C16H12F3NO. The zero-order chi connectivity index (χ0) is 15.3. The van der Waals surface area contributed by atoms with Gasteiger partial charge < -0.3 is 5.11 Å². The average molecular weight is 291 g/mol. The van der Waals surface area contributed by atoms with E-state index in [1.165, 1.54) is 24.3 Å². The van der Waals surface area contributed by atoms with E-state index in [-0.39, 0.29) is 5.69 Å². The fourth-order valence-corrected chi connectivity index (χ4v) is 1.64. The number of para-hydroxylation sites is 1. The molecule has 0 fully saturated rings. The Morgan fingerprint density at radius 3 is 1.95 bits per heavy atom. The number of alkyl halides is 3. The molecule has 0 aliphatic rings. The third-order valence-electron chi connectivity index (χ3n) is 2.64. The summed E-state index contributed by atoms with van der Waals surface area (Å²) in [5, 5.41) is 9.81. The maximum Gasteiger partial charge on any atom is 0.433 e. The first-order chi connectivity index (χ1) is 9.97. The smallest absolute Gasteiger partial charge is 0.433 e. The summed E-state index contributed by atoms with van der Waals surface area (Å²) in [7, 11) is 0. The van der Waals surface area contributed by atoms with Crippen molar-refractivity contribution in [2.45, 2.75) is 6.18 Å². The highest BCUT2D eigenvalue weighted by Gasteiger charge is 2.34. The molecule has 0 unspecified atom stereocenters. The summed E-state index contributed by atoms with van der Waals surface area (Å²) in [6.07, 6.45) is -4.03. The molecule has 0 amide bonds. The number of aliphatic hydroxyl groups excluding tert-OH is 1. The number of nitrogens with zero attached hydrogens (tertiary/aromatic N) is 1. The predicted molar refractivity (Wildman–Crippen MR) is 76.6 cm³/mol. The summed E-state index contributed by atoms with van der Waals surface area (Å²) in [6.45, 7) is 0. The number of benzene rings is 2. The fraction of sp³-hybridized carbons (Fsp3) is 0.0625. The summed E-state index contributed by atoms with van der Waals surface area (Å²) < 4.78 is 39.0. The molecule has 0 bridgehead atoms. The van der Waals surface area contributed by atoms with Crippen molar-refractivity contribution in [3.05, 3.63) is 72.3 Å². The van der Waals surface area contributed by atoms with Crippen molar-refractivity contribution in [3.8, 4) is 0 Å². The Morgan fingerprint density at radius 2 is 1.43 bits per heavy atom. The van der Waals surface area contributed by atoms with Crippen molar-refractivity contribution in [3.63, 3.8) is 0 Å². The summed E-state index contributed by atoms with van der Waals surface area (Å²) in [6, 6.07) is 15.8. The molecule has 108 valence electrons. The van der Waals surface area contributed by atoms with Crippen LogP contribution in [0.5, 0.6) is 0 Å². The molecule has 5 heteroatoms. The first-order valence-electron chi connectivity index (χ1n) is 6.14. The lowest BCUT2D eigenvalue weighted by atomic mass is 10.1. The normalized spacial score (nSPS) is 13.3. The molecule has 0 radical (unpaired) electrons. The van der Waals surface area contributed by atoms with Crippen LogP contribution in [0, 0.1) is 0 Å². The van der Waals surface area contributed by atoms with Crippen LogP contribution in [-0.4, -0.2) is 17.0 Å². The summed E-state index contributed by atoms with van der Waals surface area (Å²) >= 11 is 0. The van der Waals surface area contributed by atoms with Crippen LogP contribution < -0.4 is 0 Å². The van der Waals surface area contributed by atoms with Gasteiger partial charge in [0.05, 0.1) is 5.69 Å². The van der Waals surface area contributed by atoms with Gasteiger partial charge in [-0.05, 0) is 12.1 Å².